The minimum absolute atomic E-state index is 0.0385. The van der Waals surface area contributed by atoms with Gasteiger partial charge in [-0.3, -0.25) is 4.52 Å². The Bertz CT molecular complexity index is 1590. The molecule has 0 spiro atoms. The predicted molar refractivity (Wildman–Crippen MR) is 149 cm³/mol. The van der Waals surface area contributed by atoms with Crippen molar-refractivity contribution in [3.05, 3.63) is 60.2 Å². The van der Waals surface area contributed by atoms with Crippen LogP contribution in [0.4, 0.5) is 0 Å². The average molecular weight is 561 g/mol. The molecular weight excluding hydrogens is 527 g/mol. The van der Waals surface area contributed by atoms with Crippen LogP contribution in [0.3, 0.4) is 0 Å². The molecule has 11 heteroatoms. The summed E-state index contributed by atoms with van der Waals surface area (Å²) in [4.78, 5) is 23.3. The van der Waals surface area contributed by atoms with Crippen LogP contribution in [0.25, 0.3) is 32.9 Å². The molecule has 1 heterocycles. The number of ether oxygens (including phenoxy) is 1. The standard InChI is InChI=1S/C27H33N2O7PS/c1-4-38(33,34)21-8-5-7-20(18-21)22-10-12-25(27-26(22)23-17-19(2)9-11-24(23)28-27)35-15-6-13-29(3)14-16-36-37(30,31)32/h5,7-12,17-18,28H,4,6,13-16H2,1-3H3,(H2,30,31,32). The highest BCUT2D eigenvalue weighted by Gasteiger charge is 2.18. The second-order valence-electron chi connectivity index (χ2n) is 9.30. The monoisotopic (exact) mass is 560 g/mol. The maximum atomic E-state index is 12.5. The number of hydrogen-bond donors (Lipinski definition) is 3. The van der Waals surface area contributed by atoms with Gasteiger partial charge in [-0.2, -0.15) is 0 Å². The Labute approximate surface area is 222 Å². The zero-order chi connectivity index (χ0) is 27.5. The van der Waals surface area contributed by atoms with Crippen molar-refractivity contribution in [3.63, 3.8) is 0 Å². The van der Waals surface area contributed by atoms with Gasteiger partial charge in [0.05, 0.1) is 29.4 Å². The smallest absolute Gasteiger partial charge is 0.469 e. The van der Waals surface area contributed by atoms with Crippen molar-refractivity contribution >= 4 is 39.5 Å². The molecule has 0 amide bonds. The third-order valence-corrected chi connectivity index (χ3v) is 8.68. The SMILES string of the molecule is CCS(=O)(=O)c1cccc(-c2ccc(OCCCN(C)CCOP(=O)(O)O)c3[nH]c4ccc(C)cc4c23)c1. The first-order valence-electron chi connectivity index (χ1n) is 12.4. The number of hydrogen-bond acceptors (Lipinski definition) is 6. The van der Waals surface area contributed by atoms with E-state index in [1.165, 1.54) is 0 Å². The summed E-state index contributed by atoms with van der Waals surface area (Å²) < 4.78 is 46.5. The number of aromatic amines is 1. The van der Waals surface area contributed by atoms with E-state index in [1.807, 2.05) is 49.2 Å². The summed E-state index contributed by atoms with van der Waals surface area (Å²) in [6.07, 6.45) is 0.700. The number of phosphoric acid groups is 1. The van der Waals surface area contributed by atoms with E-state index in [9.17, 15) is 13.0 Å². The Kier molecular flexibility index (Phi) is 8.62. The number of aromatic nitrogens is 1. The number of nitrogens with zero attached hydrogens (tertiary/aromatic N) is 1. The second kappa shape index (κ2) is 11.6. The Morgan fingerprint density at radius 1 is 1.03 bits per heavy atom. The molecular formula is C27H33N2O7PS. The molecule has 1 aromatic heterocycles. The molecule has 0 saturated carbocycles. The molecule has 0 fully saturated rings. The fourth-order valence-electron chi connectivity index (χ4n) is 4.42. The Hall–Kier alpha value is -2.72. The van der Waals surface area contributed by atoms with Crippen LogP contribution in [0, 0.1) is 6.92 Å². The molecule has 0 unspecified atom stereocenters. The van der Waals surface area contributed by atoms with Crippen LogP contribution in [0.2, 0.25) is 0 Å². The lowest BCUT2D eigenvalue weighted by Crippen LogP contribution is -2.25. The first-order valence-corrected chi connectivity index (χ1v) is 15.6. The minimum Gasteiger partial charge on any atom is -0.491 e. The molecule has 0 bridgehead atoms. The topological polar surface area (TPSA) is 129 Å². The molecule has 4 rings (SSSR count). The van der Waals surface area contributed by atoms with Crippen LogP contribution >= 0.6 is 7.82 Å². The van der Waals surface area contributed by atoms with Crippen LogP contribution < -0.4 is 4.74 Å². The summed E-state index contributed by atoms with van der Waals surface area (Å²) in [6.45, 7) is 5.11. The van der Waals surface area contributed by atoms with E-state index in [-0.39, 0.29) is 12.4 Å². The lowest BCUT2D eigenvalue weighted by molar-refractivity contribution is 0.168. The van der Waals surface area contributed by atoms with E-state index in [1.54, 1.807) is 25.1 Å². The van der Waals surface area contributed by atoms with Crippen molar-refractivity contribution in [1.29, 1.82) is 0 Å². The molecule has 9 nitrogen and oxygen atoms in total. The summed E-state index contributed by atoms with van der Waals surface area (Å²) in [5.74, 6) is 0.735. The van der Waals surface area contributed by atoms with Crippen LogP contribution in [0.5, 0.6) is 5.75 Å². The van der Waals surface area contributed by atoms with Gasteiger partial charge in [0.2, 0.25) is 0 Å². The van der Waals surface area contributed by atoms with E-state index in [0.29, 0.717) is 36.8 Å². The zero-order valence-corrected chi connectivity index (χ0v) is 23.4. The highest BCUT2D eigenvalue weighted by molar-refractivity contribution is 7.91. The Morgan fingerprint density at radius 3 is 2.55 bits per heavy atom. The number of H-pyrrole nitrogens is 1. The third-order valence-electron chi connectivity index (χ3n) is 6.43. The highest BCUT2D eigenvalue weighted by Crippen LogP contribution is 2.40. The molecule has 204 valence electrons. The third kappa shape index (κ3) is 6.64. The van der Waals surface area contributed by atoms with Crippen molar-refractivity contribution in [1.82, 2.24) is 9.88 Å². The van der Waals surface area contributed by atoms with Crippen LogP contribution in [0.15, 0.2) is 59.5 Å². The van der Waals surface area contributed by atoms with Crippen LogP contribution in [-0.2, 0) is 18.9 Å². The summed E-state index contributed by atoms with van der Waals surface area (Å²) >= 11 is 0. The lowest BCUT2D eigenvalue weighted by Gasteiger charge is -2.17. The molecule has 3 aromatic carbocycles. The Morgan fingerprint density at radius 2 is 1.82 bits per heavy atom. The normalized spacial score (nSPS) is 12.6. The van der Waals surface area contributed by atoms with E-state index in [2.05, 4.69) is 15.6 Å². The van der Waals surface area contributed by atoms with Gasteiger partial charge >= 0.3 is 7.82 Å². The van der Waals surface area contributed by atoms with Crippen molar-refractivity contribution in [2.24, 2.45) is 0 Å². The number of fused-ring (bicyclic) bond motifs is 3. The minimum atomic E-state index is -4.46. The van der Waals surface area contributed by atoms with Crippen LogP contribution in [0.1, 0.15) is 18.9 Å². The van der Waals surface area contributed by atoms with Gasteiger partial charge in [-0.25, -0.2) is 13.0 Å². The average Bonchev–Trinajstić information content (AvgIpc) is 3.25. The maximum Gasteiger partial charge on any atom is 0.469 e. The lowest BCUT2D eigenvalue weighted by atomic mass is 9.98. The van der Waals surface area contributed by atoms with Gasteiger partial charge in [0.25, 0.3) is 0 Å². The number of likely N-dealkylation sites (N-methyl/N-ethyl adjacent to an activating group) is 1. The van der Waals surface area contributed by atoms with E-state index < -0.39 is 17.7 Å². The van der Waals surface area contributed by atoms with Gasteiger partial charge in [-0.1, -0.05) is 30.7 Å². The molecule has 0 aliphatic heterocycles. The quantitative estimate of drug-likeness (QED) is 0.165. The number of sulfone groups is 1. The summed E-state index contributed by atoms with van der Waals surface area (Å²) in [6, 6.07) is 17.1. The fourth-order valence-corrected chi connectivity index (χ4v) is 5.67. The number of nitrogens with one attached hydrogen (secondary N) is 1. The number of phosphoric ester groups is 1. The van der Waals surface area contributed by atoms with E-state index in [0.717, 1.165) is 38.5 Å². The zero-order valence-electron chi connectivity index (χ0n) is 21.7. The van der Waals surface area contributed by atoms with Crippen LogP contribution in [-0.4, -0.2) is 67.2 Å². The summed E-state index contributed by atoms with van der Waals surface area (Å²) in [5, 5.41) is 2.01. The van der Waals surface area contributed by atoms with Crippen molar-refractivity contribution in [2.75, 3.05) is 39.1 Å². The summed E-state index contributed by atoms with van der Waals surface area (Å²) in [7, 11) is -5.95. The maximum absolute atomic E-state index is 12.5. The fraction of sp³-hybridized carbons (Fsp3) is 0.333. The van der Waals surface area contributed by atoms with Gasteiger partial charge in [-0.15, -0.1) is 0 Å². The molecule has 0 atom stereocenters. The van der Waals surface area contributed by atoms with Crippen molar-refractivity contribution < 1.29 is 32.0 Å². The summed E-state index contributed by atoms with van der Waals surface area (Å²) in [5.41, 5.74) is 4.66. The van der Waals surface area contributed by atoms with E-state index in [4.69, 9.17) is 14.5 Å². The van der Waals surface area contributed by atoms with Gasteiger partial charge in [0.15, 0.2) is 9.84 Å². The molecule has 0 radical (unpaired) electrons. The molecule has 38 heavy (non-hydrogen) atoms. The predicted octanol–water partition coefficient (Wildman–Crippen LogP) is 4.90. The van der Waals surface area contributed by atoms with Crippen molar-refractivity contribution in [3.8, 4) is 16.9 Å². The van der Waals surface area contributed by atoms with Gasteiger partial charge in [0, 0.05) is 29.4 Å². The first-order chi connectivity index (χ1) is 18.0. The largest absolute Gasteiger partial charge is 0.491 e. The molecule has 0 aliphatic carbocycles. The van der Waals surface area contributed by atoms with E-state index >= 15 is 0 Å². The van der Waals surface area contributed by atoms with Gasteiger partial charge < -0.3 is 24.4 Å². The number of aryl methyl sites for hydroxylation is 1. The second-order valence-corrected chi connectivity index (χ2v) is 12.8. The highest BCUT2D eigenvalue weighted by atomic mass is 32.2. The van der Waals surface area contributed by atoms with Gasteiger partial charge in [-0.05, 0) is 67.9 Å². The van der Waals surface area contributed by atoms with Crippen molar-refractivity contribution in [2.45, 2.75) is 25.2 Å². The number of benzene rings is 3. The molecule has 3 N–H and O–H groups in total. The Balaban J connectivity index is 1.60. The first kappa shape index (κ1) is 28.3. The molecule has 0 aliphatic rings. The molecule has 0 saturated heterocycles. The van der Waals surface area contributed by atoms with Gasteiger partial charge in [0.1, 0.15) is 5.75 Å². The molecule has 4 aromatic rings. The number of rotatable bonds is 12.